The molecule has 1 N–H and O–H groups in total. The summed E-state index contributed by atoms with van der Waals surface area (Å²) in [5.41, 5.74) is 0.710. The molecule has 6 nitrogen and oxygen atoms in total. The topological polar surface area (TPSA) is 67.9 Å². The molecule has 0 spiro atoms. The van der Waals surface area contributed by atoms with Crippen LogP contribution in [0, 0.1) is 5.92 Å². The average molecular weight is 320 g/mol. The molecule has 1 atom stereocenters. The minimum absolute atomic E-state index is 0.00511. The summed E-state index contributed by atoms with van der Waals surface area (Å²) in [6.45, 7) is 4.19. The molecule has 1 heterocycles. The molecule has 0 aromatic heterocycles. The largest absolute Gasteiger partial charge is 0.494 e. The standard InChI is InChI=1S/C17H24N2O4/c1-3-9-23-15-6-4-14(5-7-15)18-17(21)13-11-16(20)19(12-13)8-10-22-2/h4-7,13H,3,8-12H2,1-2H3,(H,18,21). The number of nitrogens with one attached hydrogen (secondary N) is 1. The van der Waals surface area contributed by atoms with E-state index in [-0.39, 0.29) is 24.2 Å². The van der Waals surface area contributed by atoms with Gasteiger partial charge in [0.05, 0.1) is 19.1 Å². The molecular weight excluding hydrogens is 296 g/mol. The Morgan fingerprint density at radius 3 is 2.70 bits per heavy atom. The van der Waals surface area contributed by atoms with Crippen LogP contribution in [0.25, 0.3) is 0 Å². The van der Waals surface area contributed by atoms with E-state index < -0.39 is 0 Å². The first-order valence-electron chi connectivity index (χ1n) is 7.94. The monoisotopic (exact) mass is 320 g/mol. The van der Waals surface area contributed by atoms with Crippen molar-refractivity contribution in [2.75, 3.05) is 38.7 Å². The van der Waals surface area contributed by atoms with Gasteiger partial charge in [0.2, 0.25) is 11.8 Å². The zero-order chi connectivity index (χ0) is 16.7. The van der Waals surface area contributed by atoms with Gasteiger partial charge in [0.15, 0.2) is 0 Å². The van der Waals surface area contributed by atoms with Gasteiger partial charge in [-0.1, -0.05) is 6.92 Å². The third kappa shape index (κ3) is 4.96. The Kier molecular flexibility index (Phi) is 6.40. The number of carbonyl (C=O) groups is 2. The second kappa shape index (κ2) is 8.53. The van der Waals surface area contributed by atoms with Gasteiger partial charge in [-0.15, -0.1) is 0 Å². The van der Waals surface area contributed by atoms with Crippen LogP contribution in [0.1, 0.15) is 19.8 Å². The Hall–Kier alpha value is -2.08. The molecule has 0 bridgehead atoms. The number of methoxy groups -OCH3 is 1. The van der Waals surface area contributed by atoms with E-state index in [2.05, 4.69) is 5.32 Å². The lowest BCUT2D eigenvalue weighted by Gasteiger charge is -2.15. The van der Waals surface area contributed by atoms with E-state index in [0.717, 1.165) is 12.2 Å². The Labute approximate surface area is 136 Å². The molecule has 1 fully saturated rings. The summed E-state index contributed by atoms with van der Waals surface area (Å²) >= 11 is 0. The highest BCUT2D eigenvalue weighted by atomic mass is 16.5. The molecule has 126 valence electrons. The summed E-state index contributed by atoms with van der Waals surface area (Å²) in [5.74, 6) is 0.355. The van der Waals surface area contributed by atoms with Gasteiger partial charge in [-0.3, -0.25) is 9.59 Å². The fourth-order valence-electron chi connectivity index (χ4n) is 2.46. The predicted molar refractivity (Wildman–Crippen MR) is 87.4 cm³/mol. The quantitative estimate of drug-likeness (QED) is 0.794. The summed E-state index contributed by atoms with van der Waals surface area (Å²) in [4.78, 5) is 25.8. The molecule has 0 aliphatic carbocycles. The Morgan fingerprint density at radius 2 is 2.04 bits per heavy atom. The summed E-state index contributed by atoms with van der Waals surface area (Å²) in [7, 11) is 1.60. The van der Waals surface area contributed by atoms with E-state index in [1.54, 1.807) is 12.0 Å². The van der Waals surface area contributed by atoms with Crippen LogP contribution in [0.2, 0.25) is 0 Å². The number of anilines is 1. The van der Waals surface area contributed by atoms with Crippen LogP contribution in [-0.2, 0) is 14.3 Å². The lowest BCUT2D eigenvalue weighted by molar-refractivity contribution is -0.128. The van der Waals surface area contributed by atoms with Crippen molar-refractivity contribution in [3.8, 4) is 5.75 Å². The number of amides is 2. The number of hydrogen-bond acceptors (Lipinski definition) is 4. The second-order valence-corrected chi connectivity index (χ2v) is 5.60. The van der Waals surface area contributed by atoms with Gasteiger partial charge in [0.25, 0.3) is 0 Å². The first-order valence-corrected chi connectivity index (χ1v) is 7.94. The molecule has 0 saturated carbocycles. The molecule has 1 saturated heterocycles. The number of nitrogens with zero attached hydrogens (tertiary/aromatic N) is 1. The third-order valence-corrected chi connectivity index (χ3v) is 3.75. The molecular formula is C17H24N2O4. The van der Waals surface area contributed by atoms with Gasteiger partial charge in [-0.25, -0.2) is 0 Å². The fourth-order valence-corrected chi connectivity index (χ4v) is 2.46. The van der Waals surface area contributed by atoms with Crippen LogP contribution in [0.15, 0.2) is 24.3 Å². The van der Waals surface area contributed by atoms with Crippen LogP contribution >= 0.6 is 0 Å². The SMILES string of the molecule is CCCOc1ccc(NC(=O)C2CC(=O)N(CCOC)C2)cc1. The minimum Gasteiger partial charge on any atom is -0.494 e. The molecule has 23 heavy (non-hydrogen) atoms. The molecule has 1 aliphatic heterocycles. The first kappa shape index (κ1) is 17.3. The number of benzene rings is 1. The van der Waals surface area contributed by atoms with Crippen molar-refractivity contribution in [2.24, 2.45) is 5.92 Å². The molecule has 1 aromatic carbocycles. The highest BCUT2D eigenvalue weighted by Crippen LogP contribution is 2.21. The van der Waals surface area contributed by atoms with E-state index in [1.807, 2.05) is 31.2 Å². The van der Waals surface area contributed by atoms with E-state index in [1.165, 1.54) is 0 Å². The Balaban J connectivity index is 1.86. The van der Waals surface area contributed by atoms with E-state index in [0.29, 0.717) is 32.0 Å². The molecule has 6 heteroatoms. The Morgan fingerprint density at radius 1 is 1.30 bits per heavy atom. The summed E-state index contributed by atoms with van der Waals surface area (Å²) in [6, 6.07) is 7.27. The van der Waals surface area contributed by atoms with E-state index in [4.69, 9.17) is 9.47 Å². The van der Waals surface area contributed by atoms with Crippen molar-refractivity contribution in [3.63, 3.8) is 0 Å². The van der Waals surface area contributed by atoms with Gasteiger partial charge in [0.1, 0.15) is 5.75 Å². The van der Waals surface area contributed by atoms with Crippen molar-refractivity contribution >= 4 is 17.5 Å². The lowest BCUT2D eigenvalue weighted by Crippen LogP contribution is -2.30. The second-order valence-electron chi connectivity index (χ2n) is 5.60. The van der Waals surface area contributed by atoms with Gasteiger partial charge < -0.3 is 19.7 Å². The van der Waals surface area contributed by atoms with Crippen LogP contribution in [0.5, 0.6) is 5.75 Å². The number of rotatable bonds is 8. The number of likely N-dealkylation sites (tertiary alicyclic amines) is 1. The maximum atomic E-state index is 12.3. The molecule has 2 amide bonds. The van der Waals surface area contributed by atoms with Crippen molar-refractivity contribution in [1.29, 1.82) is 0 Å². The van der Waals surface area contributed by atoms with Crippen molar-refractivity contribution < 1.29 is 19.1 Å². The zero-order valence-electron chi connectivity index (χ0n) is 13.7. The molecule has 1 unspecified atom stereocenters. The predicted octanol–water partition coefficient (Wildman–Crippen LogP) is 1.91. The first-order chi connectivity index (χ1) is 11.1. The lowest BCUT2D eigenvalue weighted by atomic mass is 10.1. The molecule has 0 radical (unpaired) electrons. The number of carbonyl (C=O) groups excluding carboxylic acids is 2. The zero-order valence-corrected chi connectivity index (χ0v) is 13.7. The van der Waals surface area contributed by atoms with Crippen LogP contribution < -0.4 is 10.1 Å². The highest BCUT2D eigenvalue weighted by Gasteiger charge is 2.33. The van der Waals surface area contributed by atoms with Crippen molar-refractivity contribution in [1.82, 2.24) is 4.90 Å². The summed E-state index contributed by atoms with van der Waals surface area (Å²) < 4.78 is 10.5. The maximum absolute atomic E-state index is 12.3. The fraction of sp³-hybridized carbons (Fsp3) is 0.529. The van der Waals surface area contributed by atoms with E-state index in [9.17, 15) is 9.59 Å². The maximum Gasteiger partial charge on any atom is 0.229 e. The van der Waals surface area contributed by atoms with Gasteiger partial charge in [0, 0.05) is 32.3 Å². The third-order valence-electron chi connectivity index (χ3n) is 3.75. The smallest absolute Gasteiger partial charge is 0.229 e. The van der Waals surface area contributed by atoms with Crippen molar-refractivity contribution in [3.05, 3.63) is 24.3 Å². The van der Waals surface area contributed by atoms with Gasteiger partial charge >= 0.3 is 0 Å². The molecule has 1 aliphatic rings. The highest BCUT2D eigenvalue weighted by molar-refractivity contribution is 5.97. The summed E-state index contributed by atoms with van der Waals surface area (Å²) in [6.07, 6.45) is 1.21. The van der Waals surface area contributed by atoms with Gasteiger partial charge in [-0.2, -0.15) is 0 Å². The van der Waals surface area contributed by atoms with Gasteiger partial charge in [-0.05, 0) is 30.7 Å². The van der Waals surface area contributed by atoms with Crippen LogP contribution in [-0.4, -0.2) is 50.1 Å². The normalized spacial score (nSPS) is 17.4. The van der Waals surface area contributed by atoms with Crippen molar-refractivity contribution in [2.45, 2.75) is 19.8 Å². The summed E-state index contributed by atoms with van der Waals surface area (Å²) in [5, 5.41) is 2.86. The number of ether oxygens (including phenoxy) is 2. The Bertz CT molecular complexity index is 530. The minimum atomic E-state index is -0.310. The average Bonchev–Trinajstić information content (AvgIpc) is 2.93. The van der Waals surface area contributed by atoms with Crippen LogP contribution in [0.3, 0.4) is 0 Å². The molecule has 2 rings (SSSR count). The van der Waals surface area contributed by atoms with Crippen LogP contribution in [0.4, 0.5) is 5.69 Å². The number of hydrogen-bond donors (Lipinski definition) is 1. The van der Waals surface area contributed by atoms with E-state index >= 15 is 0 Å². The molecule has 1 aromatic rings.